The Balaban J connectivity index is 3.60. The van der Waals surface area contributed by atoms with Crippen molar-refractivity contribution in [2.24, 2.45) is 5.92 Å². The van der Waals surface area contributed by atoms with Crippen LogP contribution in [0.1, 0.15) is 59.8 Å². The topological polar surface area (TPSA) is 49.3 Å². The summed E-state index contributed by atoms with van der Waals surface area (Å²) in [6, 6.07) is 0. The van der Waals surface area contributed by atoms with Crippen molar-refractivity contribution in [2.75, 3.05) is 6.54 Å². The van der Waals surface area contributed by atoms with Crippen LogP contribution in [0.5, 0.6) is 0 Å². The van der Waals surface area contributed by atoms with E-state index in [0.29, 0.717) is 12.3 Å². The summed E-state index contributed by atoms with van der Waals surface area (Å²) >= 11 is 0. The van der Waals surface area contributed by atoms with Gasteiger partial charge in [0, 0.05) is 12.0 Å². The van der Waals surface area contributed by atoms with Gasteiger partial charge in [0.25, 0.3) is 0 Å². The third kappa shape index (κ3) is 6.11. The molecule has 0 aromatic rings. The van der Waals surface area contributed by atoms with E-state index in [9.17, 15) is 4.79 Å². The molecule has 0 saturated heterocycles. The molecule has 0 aliphatic rings. The van der Waals surface area contributed by atoms with E-state index in [4.69, 9.17) is 5.11 Å². The zero-order valence-electron chi connectivity index (χ0n) is 11.2. The van der Waals surface area contributed by atoms with Crippen LogP contribution >= 0.6 is 0 Å². The van der Waals surface area contributed by atoms with Crippen molar-refractivity contribution < 1.29 is 9.90 Å². The zero-order chi connectivity index (χ0) is 12.6. The van der Waals surface area contributed by atoms with Crippen LogP contribution in [-0.4, -0.2) is 23.2 Å². The first-order chi connectivity index (χ1) is 7.42. The molecule has 3 nitrogen and oxygen atoms in total. The lowest BCUT2D eigenvalue weighted by Gasteiger charge is -2.34. The average molecular weight is 229 g/mol. The van der Waals surface area contributed by atoms with Gasteiger partial charge in [-0.25, -0.2) is 0 Å². The van der Waals surface area contributed by atoms with Gasteiger partial charge >= 0.3 is 5.97 Å². The lowest BCUT2D eigenvalue weighted by molar-refractivity contribution is -0.137. The average Bonchev–Trinajstić information content (AvgIpc) is 2.22. The van der Waals surface area contributed by atoms with Gasteiger partial charge in [-0.1, -0.05) is 27.2 Å². The number of aliphatic carboxylic acids is 1. The minimum absolute atomic E-state index is 0.215. The minimum Gasteiger partial charge on any atom is -0.481 e. The fraction of sp³-hybridized carbons (Fsp3) is 0.923. The summed E-state index contributed by atoms with van der Waals surface area (Å²) in [4.78, 5) is 10.3. The lowest BCUT2D eigenvalue weighted by atomic mass is 9.86. The Hall–Kier alpha value is -0.570. The van der Waals surface area contributed by atoms with Crippen LogP contribution < -0.4 is 5.32 Å². The van der Waals surface area contributed by atoms with Crippen LogP contribution in [0.25, 0.3) is 0 Å². The number of carboxylic acid groups (broad SMARTS) is 1. The van der Waals surface area contributed by atoms with Crippen molar-refractivity contribution in [3.05, 3.63) is 0 Å². The van der Waals surface area contributed by atoms with E-state index in [0.717, 1.165) is 32.2 Å². The molecule has 1 atom stereocenters. The maximum Gasteiger partial charge on any atom is 0.303 e. The molecule has 0 spiro atoms. The third-order valence-corrected chi connectivity index (χ3v) is 3.60. The van der Waals surface area contributed by atoms with Crippen molar-refractivity contribution in [3.63, 3.8) is 0 Å². The number of hydrogen-bond donors (Lipinski definition) is 2. The lowest BCUT2D eigenvalue weighted by Crippen LogP contribution is -2.46. The van der Waals surface area contributed by atoms with Gasteiger partial charge in [-0.15, -0.1) is 0 Å². The molecule has 0 heterocycles. The van der Waals surface area contributed by atoms with Gasteiger partial charge in [0.05, 0.1) is 0 Å². The molecule has 1 unspecified atom stereocenters. The zero-order valence-corrected chi connectivity index (χ0v) is 11.2. The van der Waals surface area contributed by atoms with Crippen LogP contribution in [0.4, 0.5) is 0 Å². The fourth-order valence-corrected chi connectivity index (χ4v) is 1.69. The molecule has 16 heavy (non-hydrogen) atoms. The molecule has 2 N–H and O–H groups in total. The third-order valence-electron chi connectivity index (χ3n) is 3.60. The smallest absolute Gasteiger partial charge is 0.303 e. The number of carbonyl (C=O) groups is 1. The van der Waals surface area contributed by atoms with Gasteiger partial charge in [-0.2, -0.15) is 0 Å². The second-order valence-corrected chi connectivity index (χ2v) is 5.06. The van der Waals surface area contributed by atoms with Crippen molar-refractivity contribution >= 4 is 5.97 Å². The Morgan fingerprint density at radius 1 is 1.31 bits per heavy atom. The van der Waals surface area contributed by atoms with E-state index in [1.165, 1.54) is 0 Å². The maximum atomic E-state index is 10.3. The highest BCUT2D eigenvalue weighted by Gasteiger charge is 2.24. The number of carboxylic acids is 1. The molecule has 0 aliphatic carbocycles. The number of hydrogen-bond acceptors (Lipinski definition) is 2. The summed E-state index contributed by atoms with van der Waals surface area (Å²) < 4.78 is 0. The Kier molecular flexibility index (Phi) is 7.39. The molecular weight excluding hydrogens is 202 g/mol. The Bertz CT molecular complexity index is 204. The van der Waals surface area contributed by atoms with Crippen LogP contribution in [0.3, 0.4) is 0 Å². The maximum absolute atomic E-state index is 10.3. The van der Waals surface area contributed by atoms with E-state index in [2.05, 4.69) is 33.0 Å². The highest BCUT2D eigenvalue weighted by Crippen LogP contribution is 2.20. The number of rotatable bonds is 9. The van der Waals surface area contributed by atoms with Crippen molar-refractivity contribution in [3.8, 4) is 0 Å². The first kappa shape index (κ1) is 15.4. The van der Waals surface area contributed by atoms with E-state index in [1.54, 1.807) is 0 Å². The monoisotopic (exact) mass is 229 g/mol. The van der Waals surface area contributed by atoms with Crippen molar-refractivity contribution in [1.29, 1.82) is 0 Å². The van der Waals surface area contributed by atoms with E-state index in [-0.39, 0.29) is 5.54 Å². The summed E-state index contributed by atoms with van der Waals surface area (Å²) in [5.74, 6) is -0.0648. The Morgan fingerprint density at radius 3 is 2.38 bits per heavy atom. The molecule has 0 aromatic heterocycles. The van der Waals surface area contributed by atoms with E-state index in [1.807, 2.05) is 0 Å². The van der Waals surface area contributed by atoms with E-state index < -0.39 is 5.97 Å². The van der Waals surface area contributed by atoms with Crippen LogP contribution in [0.15, 0.2) is 0 Å². The molecule has 0 bridgehead atoms. The number of nitrogens with one attached hydrogen (secondary N) is 1. The van der Waals surface area contributed by atoms with Crippen LogP contribution in [-0.2, 0) is 4.79 Å². The highest BCUT2D eigenvalue weighted by molar-refractivity contribution is 5.66. The number of unbranched alkanes of at least 4 members (excludes halogenated alkanes) is 2. The van der Waals surface area contributed by atoms with Crippen LogP contribution in [0, 0.1) is 5.92 Å². The fourth-order valence-electron chi connectivity index (χ4n) is 1.69. The molecule has 0 aromatic carbocycles. The summed E-state index contributed by atoms with van der Waals surface area (Å²) in [6.07, 6.45) is 4.28. The van der Waals surface area contributed by atoms with Gasteiger partial charge in [-0.3, -0.25) is 4.79 Å². The first-order valence-electron chi connectivity index (χ1n) is 6.39. The Morgan fingerprint density at radius 2 is 1.94 bits per heavy atom. The second-order valence-electron chi connectivity index (χ2n) is 5.06. The van der Waals surface area contributed by atoms with Gasteiger partial charge < -0.3 is 10.4 Å². The summed E-state index contributed by atoms with van der Waals surface area (Å²) in [6.45, 7) is 9.93. The minimum atomic E-state index is -0.687. The normalized spacial score (nSPS) is 15.1. The van der Waals surface area contributed by atoms with Crippen molar-refractivity contribution in [2.45, 2.75) is 65.3 Å². The molecule has 0 amide bonds. The SMILES string of the molecule is CCC(C)(NCCCCCC(=O)O)C(C)C. The van der Waals surface area contributed by atoms with E-state index >= 15 is 0 Å². The van der Waals surface area contributed by atoms with Gasteiger partial charge in [-0.05, 0) is 38.6 Å². The summed E-state index contributed by atoms with van der Waals surface area (Å²) in [7, 11) is 0. The van der Waals surface area contributed by atoms with Gasteiger partial charge in [0.2, 0.25) is 0 Å². The molecule has 96 valence electrons. The van der Waals surface area contributed by atoms with Crippen molar-refractivity contribution in [1.82, 2.24) is 5.32 Å². The molecule has 0 radical (unpaired) electrons. The molecule has 0 aliphatic heterocycles. The predicted molar refractivity (Wildman–Crippen MR) is 67.6 cm³/mol. The second kappa shape index (κ2) is 7.66. The van der Waals surface area contributed by atoms with Gasteiger partial charge in [0.15, 0.2) is 0 Å². The molecule has 0 saturated carbocycles. The summed E-state index contributed by atoms with van der Waals surface area (Å²) in [5.41, 5.74) is 0.215. The van der Waals surface area contributed by atoms with Crippen LogP contribution in [0.2, 0.25) is 0 Å². The highest BCUT2D eigenvalue weighted by atomic mass is 16.4. The molecule has 0 rings (SSSR count). The molecule has 0 fully saturated rings. The quantitative estimate of drug-likeness (QED) is 0.597. The summed E-state index contributed by atoms with van der Waals surface area (Å²) in [5, 5.41) is 12.1. The van der Waals surface area contributed by atoms with Gasteiger partial charge in [0.1, 0.15) is 0 Å². The molecule has 3 heteroatoms. The molecular formula is C13H27NO2. The standard InChI is InChI=1S/C13H27NO2/c1-5-13(4,11(2)3)14-10-8-6-7-9-12(15)16/h11,14H,5-10H2,1-4H3,(H,15,16). The predicted octanol–water partition coefficient (Wildman–Crippen LogP) is 3.05. The Labute approximate surface area is 99.6 Å². The first-order valence-corrected chi connectivity index (χ1v) is 6.39. The largest absolute Gasteiger partial charge is 0.481 e.